The Labute approximate surface area is 97.5 Å². The standard InChI is InChI=1S/C13H22O3/c1-10(2)16-13(15)9-12(14)8-11-6-4-3-5-7-11/h10-11H,3-9H2,1-2H3. The number of ether oxygens (including phenoxy) is 1. The maximum absolute atomic E-state index is 11.6. The van der Waals surface area contributed by atoms with Gasteiger partial charge in [0.1, 0.15) is 12.2 Å². The SMILES string of the molecule is CC(C)OC(=O)CC(=O)CC1CCCCC1. The minimum Gasteiger partial charge on any atom is -0.463 e. The quantitative estimate of drug-likeness (QED) is 0.535. The Kier molecular flexibility index (Phi) is 5.50. The van der Waals surface area contributed by atoms with Crippen molar-refractivity contribution >= 4 is 11.8 Å². The van der Waals surface area contributed by atoms with Gasteiger partial charge in [-0.3, -0.25) is 9.59 Å². The maximum Gasteiger partial charge on any atom is 0.313 e. The molecule has 1 aliphatic carbocycles. The Hall–Kier alpha value is -0.860. The van der Waals surface area contributed by atoms with E-state index in [-0.39, 0.29) is 24.3 Å². The number of hydrogen-bond acceptors (Lipinski definition) is 3. The van der Waals surface area contributed by atoms with Crippen molar-refractivity contribution in [2.24, 2.45) is 5.92 Å². The molecule has 0 radical (unpaired) electrons. The second-order valence-corrected chi connectivity index (χ2v) is 4.96. The van der Waals surface area contributed by atoms with Crippen LogP contribution in [-0.2, 0) is 14.3 Å². The fraction of sp³-hybridized carbons (Fsp3) is 0.846. The summed E-state index contributed by atoms with van der Waals surface area (Å²) in [6, 6.07) is 0. The van der Waals surface area contributed by atoms with Crippen LogP contribution in [0.25, 0.3) is 0 Å². The molecule has 0 N–H and O–H groups in total. The Morgan fingerprint density at radius 3 is 2.38 bits per heavy atom. The minimum absolute atomic E-state index is 0.0394. The zero-order chi connectivity index (χ0) is 12.0. The third-order valence-electron chi connectivity index (χ3n) is 2.95. The predicted molar refractivity (Wildman–Crippen MR) is 62.0 cm³/mol. The monoisotopic (exact) mass is 226 g/mol. The topological polar surface area (TPSA) is 43.4 Å². The van der Waals surface area contributed by atoms with Gasteiger partial charge in [0.2, 0.25) is 0 Å². The number of hydrogen-bond donors (Lipinski definition) is 0. The van der Waals surface area contributed by atoms with Gasteiger partial charge in [-0.25, -0.2) is 0 Å². The van der Waals surface area contributed by atoms with Crippen molar-refractivity contribution in [3.63, 3.8) is 0 Å². The molecule has 0 aromatic heterocycles. The largest absolute Gasteiger partial charge is 0.463 e. The predicted octanol–water partition coefficient (Wildman–Crippen LogP) is 2.87. The average Bonchev–Trinajstić information content (AvgIpc) is 2.17. The van der Waals surface area contributed by atoms with Gasteiger partial charge in [0, 0.05) is 6.42 Å². The zero-order valence-electron chi connectivity index (χ0n) is 10.3. The van der Waals surface area contributed by atoms with E-state index in [1.807, 2.05) is 0 Å². The highest BCUT2D eigenvalue weighted by molar-refractivity contribution is 5.95. The first-order valence-corrected chi connectivity index (χ1v) is 6.29. The lowest BCUT2D eigenvalue weighted by atomic mass is 9.85. The Bertz CT molecular complexity index is 240. The number of carbonyl (C=O) groups excluding carboxylic acids is 2. The first-order valence-electron chi connectivity index (χ1n) is 6.29. The van der Waals surface area contributed by atoms with E-state index in [2.05, 4.69) is 0 Å². The molecule has 0 atom stereocenters. The molecule has 1 rings (SSSR count). The lowest BCUT2D eigenvalue weighted by molar-refractivity contribution is -0.149. The van der Waals surface area contributed by atoms with E-state index in [1.54, 1.807) is 13.8 Å². The van der Waals surface area contributed by atoms with E-state index in [0.29, 0.717) is 12.3 Å². The van der Waals surface area contributed by atoms with Gasteiger partial charge in [-0.1, -0.05) is 32.1 Å². The Morgan fingerprint density at radius 2 is 1.81 bits per heavy atom. The van der Waals surface area contributed by atoms with Crippen LogP contribution in [0.15, 0.2) is 0 Å². The average molecular weight is 226 g/mol. The molecule has 0 aromatic carbocycles. The van der Waals surface area contributed by atoms with Crippen molar-refractivity contribution in [2.45, 2.75) is 64.9 Å². The second-order valence-electron chi connectivity index (χ2n) is 4.96. The highest BCUT2D eigenvalue weighted by atomic mass is 16.5. The Balaban J connectivity index is 2.21. The van der Waals surface area contributed by atoms with E-state index in [1.165, 1.54) is 19.3 Å². The summed E-state index contributed by atoms with van der Waals surface area (Å²) in [6.07, 6.45) is 6.43. The van der Waals surface area contributed by atoms with Crippen molar-refractivity contribution in [3.05, 3.63) is 0 Å². The highest BCUT2D eigenvalue weighted by Crippen LogP contribution is 2.26. The number of esters is 1. The van der Waals surface area contributed by atoms with Crippen molar-refractivity contribution in [3.8, 4) is 0 Å². The van der Waals surface area contributed by atoms with Crippen LogP contribution in [0.4, 0.5) is 0 Å². The molecular weight excluding hydrogens is 204 g/mol. The fourth-order valence-corrected chi connectivity index (χ4v) is 2.25. The number of rotatable bonds is 5. The van der Waals surface area contributed by atoms with Gasteiger partial charge >= 0.3 is 5.97 Å². The zero-order valence-corrected chi connectivity index (χ0v) is 10.3. The number of Topliss-reactive ketones (excluding diaryl/α,β-unsaturated/α-hetero) is 1. The molecule has 0 bridgehead atoms. The van der Waals surface area contributed by atoms with Gasteiger partial charge in [0.15, 0.2) is 0 Å². The van der Waals surface area contributed by atoms with Gasteiger partial charge in [-0.2, -0.15) is 0 Å². The molecule has 0 heterocycles. The molecule has 16 heavy (non-hydrogen) atoms. The molecular formula is C13H22O3. The summed E-state index contributed by atoms with van der Waals surface area (Å²) in [5, 5.41) is 0. The summed E-state index contributed by atoms with van der Waals surface area (Å²) in [5.41, 5.74) is 0. The molecule has 0 unspecified atom stereocenters. The molecule has 92 valence electrons. The third kappa shape index (κ3) is 5.29. The van der Waals surface area contributed by atoms with Gasteiger partial charge in [0.25, 0.3) is 0 Å². The molecule has 0 aliphatic heterocycles. The maximum atomic E-state index is 11.6. The smallest absolute Gasteiger partial charge is 0.313 e. The fourth-order valence-electron chi connectivity index (χ4n) is 2.25. The molecule has 0 saturated heterocycles. The van der Waals surface area contributed by atoms with E-state index in [4.69, 9.17) is 4.74 Å². The van der Waals surface area contributed by atoms with Gasteiger partial charge in [0.05, 0.1) is 6.10 Å². The molecule has 3 heteroatoms. The van der Waals surface area contributed by atoms with Crippen LogP contribution < -0.4 is 0 Å². The first-order chi connectivity index (χ1) is 7.58. The summed E-state index contributed by atoms with van der Waals surface area (Å²) >= 11 is 0. The molecule has 0 aromatic rings. The van der Waals surface area contributed by atoms with Crippen molar-refractivity contribution in [1.82, 2.24) is 0 Å². The number of carbonyl (C=O) groups is 2. The van der Waals surface area contributed by atoms with Crippen LogP contribution in [0.2, 0.25) is 0 Å². The van der Waals surface area contributed by atoms with Crippen LogP contribution in [0.3, 0.4) is 0 Å². The van der Waals surface area contributed by atoms with E-state index < -0.39 is 0 Å². The van der Waals surface area contributed by atoms with Crippen molar-refractivity contribution < 1.29 is 14.3 Å². The van der Waals surface area contributed by atoms with E-state index in [0.717, 1.165) is 12.8 Å². The van der Waals surface area contributed by atoms with Crippen LogP contribution in [-0.4, -0.2) is 17.9 Å². The Morgan fingerprint density at radius 1 is 1.19 bits per heavy atom. The van der Waals surface area contributed by atoms with E-state index >= 15 is 0 Å². The van der Waals surface area contributed by atoms with Crippen LogP contribution in [0.1, 0.15) is 58.8 Å². The number of ketones is 1. The summed E-state index contributed by atoms with van der Waals surface area (Å²) in [6.45, 7) is 3.59. The van der Waals surface area contributed by atoms with Crippen molar-refractivity contribution in [1.29, 1.82) is 0 Å². The molecule has 3 nitrogen and oxygen atoms in total. The molecule has 1 fully saturated rings. The molecule has 1 saturated carbocycles. The second kappa shape index (κ2) is 6.66. The highest BCUT2D eigenvalue weighted by Gasteiger charge is 2.19. The minimum atomic E-state index is -0.379. The molecule has 1 aliphatic rings. The van der Waals surface area contributed by atoms with Crippen LogP contribution >= 0.6 is 0 Å². The summed E-state index contributed by atoms with van der Waals surface area (Å²) in [7, 11) is 0. The van der Waals surface area contributed by atoms with Gasteiger partial charge in [-0.05, 0) is 19.8 Å². The lowest BCUT2D eigenvalue weighted by Gasteiger charge is -2.20. The summed E-state index contributed by atoms with van der Waals surface area (Å²) in [5.74, 6) is 0.168. The molecule has 0 amide bonds. The van der Waals surface area contributed by atoms with Gasteiger partial charge < -0.3 is 4.74 Å². The van der Waals surface area contributed by atoms with Crippen LogP contribution in [0.5, 0.6) is 0 Å². The summed E-state index contributed by atoms with van der Waals surface area (Å²) < 4.78 is 4.95. The van der Waals surface area contributed by atoms with E-state index in [9.17, 15) is 9.59 Å². The lowest BCUT2D eigenvalue weighted by Crippen LogP contribution is -2.18. The summed E-state index contributed by atoms with van der Waals surface area (Å²) in [4.78, 5) is 22.9. The normalized spacial score (nSPS) is 17.4. The van der Waals surface area contributed by atoms with Gasteiger partial charge in [-0.15, -0.1) is 0 Å². The van der Waals surface area contributed by atoms with Crippen LogP contribution in [0, 0.1) is 5.92 Å². The third-order valence-corrected chi connectivity index (χ3v) is 2.95. The molecule has 0 spiro atoms. The first kappa shape index (κ1) is 13.2. The van der Waals surface area contributed by atoms with Crippen molar-refractivity contribution in [2.75, 3.05) is 0 Å².